The van der Waals surface area contributed by atoms with Crippen LogP contribution in [-0.2, 0) is 4.74 Å². The number of fused-ring (bicyclic) bond motifs is 1. The summed E-state index contributed by atoms with van der Waals surface area (Å²) in [6.07, 6.45) is 1.87. The molecule has 34 heavy (non-hydrogen) atoms. The van der Waals surface area contributed by atoms with Crippen molar-refractivity contribution in [2.45, 2.75) is 18.9 Å². The molecule has 1 saturated heterocycles. The first-order chi connectivity index (χ1) is 16.6. The second-order valence-corrected chi connectivity index (χ2v) is 9.16. The van der Waals surface area contributed by atoms with Crippen LogP contribution in [0, 0.1) is 0 Å². The Hall–Kier alpha value is -3.55. The van der Waals surface area contributed by atoms with E-state index in [1.807, 2.05) is 36.4 Å². The van der Waals surface area contributed by atoms with E-state index in [-0.39, 0.29) is 17.8 Å². The molecule has 2 heterocycles. The van der Waals surface area contributed by atoms with Crippen molar-refractivity contribution in [3.63, 3.8) is 0 Å². The van der Waals surface area contributed by atoms with Crippen LogP contribution >= 0.6 is 11.3 Å². The van der Waals surface area contributed by atoms with Gasteiger partial charge in [-0.25, -0.2) is 4.98 Å². The van der Waals surface area contributed by atoms with Crippen molar-refractivity contribution in [3.05, 3.63) is 89.5 Å². The van der Waals surface area contributed by atoms with E-state index in [0.717, 1.165) is 28.8 Å². The third-order valence-electron chi connectivity index (χ3n) is 5.90. The summed E-state index contributed by atoms with van der Waals surface area (Å²) in [6, 6.07) is 21.6. The molecule has 1 amide bonds. The molecule has 0 bridgehead atoms. The zero-order valence-corrected chi connectivity index (χ0v) is 19.6. The van der Waals surface area contributed by atoms with Crippen molar-refractivity contribution < 1.29 is 19.1 Å². The summed E-state index contributed by atoms with van der Waals surface area (Å²) in [4.78, 5) is 32.8. The zero-order chi connectivity index (χ0) is 23.5. The van der Waals surface area contributed by atoms with Gasteiger partial charge in [-0.2, -0.15) is 0 Å². The monoisotopic (exact) mass is 472 g/mol. The Morgan fingerprint density at radius 1 is 1.03 bits per heavy atom. The van der Waals surface area contributed by atoms with Gasteiger partial charge in [-0.05, 0) is 37.1 Å². The molecule has 0 saturated carbocycles. The van der Waals surface area contributed by atoms with Crippen LogP contribution in [0.5, 0.6) is 5.75 Å². The number of benzene rings is 3. The number of carbonyl (C=O) groups excluding carboxylic acids is 2. The Labute approximate surface area is 201 Å². The molecule has 0 radical (unpaired) electrons. The molecule has 6 nitrogen and oxygen atoms in total. The lowest BCUT2D eigenvalue weighted by atomic mass is 10.0. The van der Waals surface area contributed by atoms with Crippen molar-refractivity contribution in [3.8, 4) is 5.75 Å². The molecular formula is C27H24N2O4S. The smallest absolute Gasteiger partial charge is 0.260 e. The van der Waals surface area contributed by atoms with Gasteiger partial charge in [-0.15, -0.1) is 0 Å². The molecule has 1 unspecified atom stereocenters. The number of aromatic nitrogens is 1. The van der Waals surface area contributed by atoms with E-state index in [1.54, 1.807) is 48.4 Å². The zero-order valence-electron chi connectivity index (χ0n) is 18.8. The van der Waals surface area contributed by atoms with Gasteiger partial charge in [0, 0.05) is 29.4 Å². The lowest BCUT2D eigenvalue weighted by molar-refractivity contribution is 0.0917. The van der Waals surface area contributed by atoms with Crippen LogP contribution in [0.2, 0.25) is 0 Å². The van der Waals surface area contributed by atoms with Crippen molar-refractivity contribution >= 4 is 38.4 Å². The molecule has 7 heteroatoms. The number of thiazole rings is 1. The lowest BCUT2D eigenvalue weighted by Crippen LogP contribution is -2.37. The summed E-state index contributed by atoms with van der Waals surface area (Å²) in [5, 5.41) is 0.619. The first-order valence-corrected chi connectivity index (χ1v) is 12.0. The fraction of sp³-hybridized carbons (Fsp3) is 0.222. The summed E-state index contributed by atoms with van der Waals surface area (Å²) in [6.45, 7) is 1.14. The van der Waals surface area contributed by atoms with Gasteiger partial charge in [0.15, 0.2) is 10.9 Å². The average molecular weight is 473 g/mol. The minimum absolute atomic E-state index is 0.0237. The van der Waals surface area contributed by atoms with Gasteiger partial charge in [0.2, 0.25) is 0 Å². The summed E-state index contributed by atoms with van der Waals surface area (Å²) in [7, 11) is 1.62. The molecule has 0 N–H and O–H groups in total. The van der Waals surface area contributed by atoms with Crippen LogP contribution in [0.3, 0.4) is 0 Å². The molecule has 3 aromatic carbocycles. The predicted octanol–water partition coefficient (Wildman–Crippen LogP) is 5.36. The number of carbonyl (C=O) groups is 2. The third-order valence-corrected chi connectivity index (χ3v) is 6.96. The number of hydrogen-bond acceptors (Lipinski definition) is 6. The van der Waals surface area contributed by atoms with Gasteiger partial charge in [0.25, 0.3) is 5.91 Å². The highest BCUT2D eigenvalue weighted by Crippen LogP contribution is 2.33. The molecule has 172 valence electrons. The molecular weight excluding hydrogens is 448 g/mol. The SMILES string of the molecule is COc1ccc2sc(N(CC3CCCO3)C(=O)c3ccc(C(=O)c4ccccc4)cc3)nc2c1. The summed E-state index contributed by atoms with van der Waals surface area (Å²) in [5.41, 5.74) is 2.44. The number of ether oxygens (including phenoxy) is 2. The fourth-order valence-corrected chi connectivity index (χ4v) is 5.01. The summed E-state index contributed by atoms with van der Waals surface area (Å²) < 4.78 is 12.1. The first-order valence-electron chi connectivity index (χ1n) is 11.2. The number of rotatable bonds is 7. The molecule has 1 fully saturated rings. The van der Waals surface area contributed by atoms with Crippen molar-refractivity contribution in [2.75, 3.05) is 25.2 Å². The molecule has 1 atom stereocenters. The summed E-state index contributed by atoms with van der Waals surface area (Å²) >= 11 is 1.47. The Morgan fingerprint density at radius 3 is 2.47 bits per heavy atom. The maximum Gasteiger partial charge on any atom is 0.260 e. The topological polar surface area (TPSA) is 68.7 Å². The maximum absolute atomic E-state index is 13.6. The quantitative estimate of drug-likeness (QED) is 0.339. The fourth-order valence-electron chi connectivity index (χ4n) is 4.05. The number of anilines is 1. The average Bonchev–Trinajstić information content (AvgIpc) is 3.56. The van der Waals surface area contributed by atoms with Gasteiger partial charge >= 0.3 is 0 Å². The largest absolute Gasteiger partial charge is 0.497 e. The van der Waals surface area contributed by atoms with E-state index in [0.29, 0.717) is 35.0 Å². The van der Waals surface area contributed by atoms with Crippen LogP contribution < -0.4 is 9.64 Å². The van der Waals surface area contributed by atoms with Crippen LogP contribution in [-0.4, -0.2) is 43.0 Å². The maximum atomic E-state index is 13.6. The first kappa shape index (κ1) is 22.3. The highest BCUT2D eigenvalue weighted by atomic mass is 32.1. The highest BCUT2D eigenvalue weighted by molar-refractivity contribution is 7.22. The lowest BCUT2D eigenvalue weighted by Gasteiger charge is -2.23. The van der Waals surface area contributed by atoms with E-state index in [1.165, 1.54) is 11.3 Å². The molecule has 1 aliphatic heterocycles. The van der Waals surface area contributed by atoms with Crippen molar-refractivity contribution in [1.29, 1.82) is 0 Å². The second-order valence-electron chi connectivity index (χ2n) is 8.15. The number of ketones is 1. The number of amides is 1. The predicted molar refractivity (Wildman–Crippen MR) is 133 cm³/mol. The Morgan fingerprint density at radius 2 is 1.76 bits per heavy atom. The van der Waals surface area contributed by atoms with Gasteiger partial charge in [0.05, 0.1) is 30.0 Å². The minimum atomic E-state index is -0.166. The number of methoxy groups -OCH3 is 1. The minimum Gasteiger partial charge on any atom is -0.497 e. The van der Waals surface area contributed by atoms with Gasteiger partial charge in [-0.1, -0.05) is 53.8 Å². The molecule has 4 aromatic rings. The van der Waals surface area contributed by atoms with Gasteiger partial charge in [-0.3, -0.25) is 14.5 Å². The standard InChI is InChI=1S/C27H24N2O4S/c1-32-21-13-14-24-23(16-21)28-27(34-24)29(17-22-8-5-15-33-22)26(31)20-11-9-19(10-12-20)25(30)18-6-3-2-4-7-18/h2-4,6-7,9-14,16,22H,5,8,15,17H2,1H3. The van der Waals surface area contributed by atoms with Gasteiger partial charge in [0.1, 0.15) is 5.75 Å². The third kappa shape index (κ3) is 4.58. The molecule has 0 aliphatic carbocycles. The van der Waals surface area contributed by atoms with E-state index in [4.69, 9.17) is 14.5 Å². The van der Waals surface area contributed by atoms with E-state index in [9.17, 15) is 9.59 Å². The Kier molecular flexibility index (Phi) is 6.38. The van der Waals surface area contributed by atoms with E-state index in [2.05, 4.69) is 0 Å². The normalized spacial score (nSPS) is 15.4. The Balaban J connectivity index is 1.44. The highest BCUT2D eigenvalue weighted by Gasteiger charge is 2.27. The summed E-state index contributed by atoms with van der Waals surface area (Å²) in [5.74, 6) is 0.483. The van der Waals surface area contributed by atoms with Crippen molar-refractivity contribution in [2.24, 2.45) is 0 Å². The van der Waals surface area contributed by atoms with Crippen LogP contribution in [0.15, 0.2) is 72.8 Å². The van der Waals surface area contributed by atoms with Crippen molar-refractivity contribution in [1.82, 2.24) is 4.98 Å². The van der Waals surface area contributed by atoms with E-state index < -0.39 is 0 Å². The molecule has 1 aliphatic rings. The van der Waals surface area contributed by atoms with Crippen LogP contribution in [0.25, 0.3) is 10.2 Å². The number of nitrogens with zero attached hydrogens (tertiary/aromatic N) is 2. The van der Waals surface area contributed by atoms with E-state index >= 15 is 0 Å². The number of hydrogen-bond donors (Lipinski definition) is 0. The van der Waals surface area contributed by atoms with Gasteiger partial charge < -0.3 is 9.47 Å². The second kappa shape index (κ2) is 9.75. The Bertz CT molecular complexity index is 1310. The van der Waals surface area contributed by atoms with Crippen LogP contribution in [0.1, 0.15) is 39.1 Å². The molecule has 1 aromatic heterocycles. The molecule has 0 spiro atoms. The van der Waals surface area contributed by atoms with Crippen LogP contribution in [0.4, 0.5) is 5.13 Å². The molecule has 5 rings (SSSR count).